The number of nitrogens with one attached hydrogen (secondary N) is 1. The molecule has 1 N–H and O–H groups in total. The van der Waals surface area contributed by atoms with Crippen LogP contribution in [0.3, 0.4) is 0 Å². The number of benzene rings is 2. The number of imidazole rings is 1. The molecule has 0 aliphatic heterocycles. The second-order valence-corrected chi connectivity index (χ2v) is 8.79. The van der Waals surface area contributed by atoms with Crippen LogP contribution in [0.25, 0.3) is 28.3 Å². The van der Waals surface area contributed by atoms with E-state index in [2.05, 4.69) is 25.4 Å². The fraction of sp³-hybridized carbons (Fsp3) is 0.148. The van der Waals surface area contributed by atoms with Crippen LogP contribution in [0.15, 0.2) is 83.5 Å². The van der Waals surface area contributed by atoms with E-state index in [9.17, 15) is 18.0 Å². The summed E-state index contributed by atoms with van der Waals surface area (Å²) in [5.74, 6) is -0.0185. The summed E-state index contributed by atoms with van der Waals surface area (Å²) >= 11 is 0. The molecule has 6 rings (SSSR count). The highest BCUT2D eigenvalue weighted by atomic mass is 19.4. The van der Waals surface area contributed by atoms with Crippen LogP contribution in [-0.2, 0) is 23.9 Å². The molecule has 0 unspecified atom stereocenters. The Morgan fingerprint density at radius 3 is 2.51 bits per heavy atom. The molecule has 196 valence electrons. The molecule has 1 amide bonds. The van der Waals surface area contributed by atoms with Gasteiger partial charge in [-0.15, -0.1) is 5.10 Å². The second kappa shape index (κ2) is 9.71. The normalized spacial score (nSPS) is 11.9. The molecule has 0 bridgehead atoms. The number of hydrogen-bond acceptors (Lipinski definition) is 6. The molecule has 9 nitrogen and oxygen atoms in total. The SMILES string of the molecule is O=C(CCc1nc2nc(-c3ccco3)cc(C(F)(F)F)n2n1)Nc1nc2ccccc2n1Cc1ccccc1. The molecule has 12 heteroatoms. The average molecular weight is 531 g/mol. The van der Waals surface area contributed by atoms with E-state index in [1.807, 2.05) is 59.2 Å². The number of furan rings is 1. The van der Waals surface area contributed by atoms with E-state index in [1.165, 1.54) is 12.3 Å². The lowest BCUT2D eigenvalue weighted by Gasteiger charge is -2.10. The van der Waals surface area contributed by atoms with Gasteiger partial charge in [0.05, 0.1) is 23.8 Å². The van der Waals surface area contributed by atoms with Crippen LogP contribution in [0, 0.1) is 0 Å². The number of aromatic nitrogens is 6. The van der Waals surface area contributed by atoms with Gasteiger partial charge < -0.3 is 8.98 Å². The molecular formula is C27H20F3N7O2. The van der Waals surface area contributed by atoms with Crippen LogP contribution < -0.4 is 5.32 Å². The summed E-state index contributed by atoms with van der Waals surface area (Å²) in [6.45, 7) is 0.495. The molecule has 0 radical (unpaired) electrons. The number of rotatable bonds is 7. The quantitative estimate of drug-likeness (QED) is 0.297. The van der Waals surface area contributed by atoms with Gasteiger partial charge in [0.15, 0.2) is 17.3 Å². The van der Waals surface area contributed by atoms with Gasteiger partial charge in [-0.05, 0) is 35.9 Å². The van der Waals surface area contributed by atoms with E-state index in [0.29, 0.717) is 17.0 Å². The molecule has 0 spiro atoms. The van der Waals surface area contributed by atoms with Crippen LogP contribution in [0.1, 0.15) is 23.5 Å². The molecular weight excluding hydrogens is 511 g/mol. The molecule has 0 saturated carbocycles. The Morgan fingerprint density at radius 2 is 1.74 bits per heavy atom. The standard InChI is InChI=1S/C27H20F3N7O2/c28-27(29,30)22-15-19(21-11-6-14-39-21)32-26-33-23(35-37(22)26)12-13-24(38)34-25-31-18-9-4-5-10-20(18)36(25)16-17-7-2-1-3-8-17/h1-11,14-15H,12-13,16H2,(H,31,34,38). The summed E-state index contributed by atoms with van der Waals surface area (Å²) in [6.07, 6.45) is -3.43. The highest BCUT2D eigenvalue weighted by molar-refractivity contribution is 5.91. The zero-order valence-corrected chi connectivity index (χ0v) is 20.3. The van der Waals surface area contributed by atoms with Gasteiger partial charge in [0.2, 0.25) is 11.9 Å². The smallest absolute Gasteiger partial charge is 0.433 e. The first kappa shape index (κ1) is 24.3. The zero-order valence-electron chi connectivity index (χ0n) is 20.3. The number of carbonyl (C=O) groups excluding carboxylic acids is 1. The minimum absolute atomic E-state index is 0.00148. The Kier molecular flexibility index (Phi) is 6.06. The van der Waals surface area contributed by atoms with Crippen LogP contribution in [0.5, 0.6) is 0 Å². The number of halogens is 3. The van der Waals surface area contributed by atoms with Crippen LogP contribution in [0.4, 0.5) is 19.1 Å². The summed E-state index contributed by atoms with van der Waals surface area (Å²) in [5.41, 5.74) is 1.55. The Labute approximate surface area is 218 Å². The van der Waals surface area contributed by atoms with Crippen LogP contribution in [0.2, 0.25) is 0 Å². The first-order valence-corrected chi connectivity index (χ1v) is 12.0. The van der Waals surface area contributed by atoms with Crippen molar-refractivity contribution in [1.29, 1.82) is 0 Å². The van der Waals surface area contributed by atoms with Gasteiger partial charge in [-0.1, -0.05) is 42.5 Å². The van der Waals surface area contributed by atoms with Crippen molar-refractivity contribution in [1.82, 2.24) is 29.1 Å². The number of fused-ring (bicyclic) bond motifs is 2. The third-order valence-corrected chi connectivity index (χ3v) is 6.09. The number of para-hydroxylation sites is 2. The summed E-state index contributed by atoms with van der Waals surface area (Å²) in [6, 6.07) is 21.2. The monoisotopic (exact) mass is 531 g/mol. The van der Waals surface area contributed by atoms with Crippen molar-refractivity contribution in [2.24, 2.45) is 0 Å². The van der Waals surface area contributed by atoms with Crippen molar-refractivity contribution in [3.8, 4) is 11.5 Å². The molecule has 2 aromatic carbocycles. The Balaban J connectivity index is 1.23. The number of alkyl halides is 3. The maximum absolute atomic E-state index is 13.8. The molecule has 39 heavy (non-hydrogen) atoms. The molecule has 4 aromatic heterocycles. The first-order chi connectivity index (χ1) is 18.8. The highest BCUT2D eigenvalue weighted by Crippen LogP contribution is 2.32. The van der Waals surface area contributed by atoms with Crippen molar-refractivity contribution >= 4 is 28.7 Å². The Bertz CT molecular complexity index is 1770. The number of hydrogen-bond donors (Lipinski definition) is 1. The van der Waals surface area contributed by atoms with Gasteiger partial charge in [0.1, 0.15) is 5.69 Å². The van der Waals surface area contributed by atoms with Gasteiger partial charge in [-0.3, -0.25) is 10.1 Å². The largest absolute Gasteiger partial charge is 0.463 e. The fourth-order valence-corrected chi connectivity index (χ4v) is 4.28. The third-order valence-electron chi connectivity index (χ3n) is 6.09. The highest BCUT2D eigenvalue weighted by Gasteiger charge is 2.36. The van der Waals surface area contributed by atoms with E-state index in [-0.39, 0.29) is 41.8 Å². The van der Waals surface area contributed by atoms with E-state index >= 15 is 0 Å². The van der Waals surface area contributed by atoms with E-state index < -0.39 is 11.9 Å². The topological polar surface area (TPSA) is 103 Å². The number of aryl methyl sites for hydroxylation is 1. The van der Waals surface area contributed by atoms with E-state index in [0.717, 1.165) is 22.7 Å². The average Bonchev–Trinajstić information content (AvgIpc) is 3.66. The maximum atomic E-state index is 13.8. The fourth-order valence-electron chi connectivity index (χ4n) is 4.28. The molecule has 0 aliphatic rings. The summed E-state index contributed by atoms with van der Waals surface area (Å²) in [4.78, 5) is 25.8. The van der Waals surface area contributed by atoms with Gasteiger partial charge in [0, 0.05) is 12.8 Å². The van der Waals surface area contributed by atoms with Gasteiger partial charge >= 0.3 is 6.18 Å². The molecule has 4 heterocycles. The predicted octanol–water partition coefficient (Wildman–Crippen LogP) is 5.37. The minimum atomic E-state index is -4.71. The summed E-state index contributed by atoms with van der Waals surface area (Å²) in [5, 5.41) is 6.81. The summed E-state index contributed by atoms with van der Waals surface area (Å²) < 4.78 is 49.0. The number of carbonyl (C=O) groups is 1. The molecule has 6 aromatic rings. The van der Waals surface area contributed by atoms with Crippen LogP contribution in [-0.4, -0.2) is 35.0 Å². The van der Waals surface area contributed by atoms with Gasteiger partial charge in [-0.25, -0.2) is 9.97 Å². The maximum Gasteiger partial charge on any atom is 0.433 e. The lowest BCUT2D eigenvalue weighted by atomic mass is 10.2. The van der Waals surface area contributed by atoms with Crippen molar-refractivity contribution in [2.45, 2.75) is 25.6 Å². The first-order valence-electron chi connectivity index (χ1n) is 12.0. The Hall–Kier alpha value is -5.00. The van der Waals surface area contributed by atoms with E-state index in [4.69, 9.17) is 4.42 Å². The number of amides is 1. The molecule has 0 aliphatic carbocycles. The van der Waals surface area contributed by atoms with Gasteiger partial charge in [0.25, 0.3) is 5.78 Å². The van der Waals surface area contributed by atoms with Crippen LogP contribution >= 0.6 is 0 Å². The third kappa shape index (κ3) is 4.96. The number of nitrogens with zero attached hydrogens (tertiary/aromatic N) is 6. The minimum Gasteiger partial charge on any atom is -0.463 e. The Morgan fingerprint density at radius 1 is 0.949 bits per heavy atom. The lowest BCUT2D eigenvalue weighted by Crippen LogP contribution is -2.17. The van der Waals surface area contributed by atoms with Crippen molar-refractivity contribution in [2.75, 3.05) is 5.32 Å². The van der Waals surface area contributed by atoms with Crippen molar-refractivity contribution in [3.63, 3.8) is 0 Å². The van der Waals surface area contributed by atoms with Crippen molar-refractivity contribution < 1.29 is 22.4 Å². The molecule has 0 saturated heterocycles. The van der Waals surface area contributed by atoms with Crippen molar-refractivity contribution in [3.05, 3.63) is 96.1 Å². The predicted molar refractivity (Wildman–Crippen MR) is 136 cm³/mol. The second-order valence-electron chi connectivity index (χ2n) is 8.79. The number of anilines is 1. The van der Waals surface area contributed by atoms with Gasteiger partial charge in [-0.2, -0.15) is 22.7 Å². The lowest BCUT2D eigenvalue weighted by molar-refractivity contribution is -0.142. The van der Waals surface area contributed by atoms with E-state index in [1.54, 1.807) is 6.07 Å². The molecule has 0 fully saturated rings. The zero-order chi connectivity index (χ0) is 27.0. The summed E-state index contributed by atoms with van der Waals surface area (Å²) in [7, 11) is 0. The molecule has 0 atom stereocenters.